The topological polar surface area (TPSA) is 59.8 Å². The summed E-state index contributed by atoms with van der Waals surface area (Å²) in [6.07, 6.45) is 0. The maximum Gasteiger partial charge on any atom is 0.217 e. The van der Waals surface area contributed by atoms with Gasteiger partial charge in [-0.1, -0.05) is 59.8 Å². The Kier molecular flexibility index (Phi) is 5.50. The molecule has 0 bridgehead atoms. The molecule has 0 aliphatic carbocycles. The Bertz CT molecular complexity index is 844. The van der Waals surface area contributed by atoms with E-state index < -0.39 is 0 Å². The van der Waals surface area contributed by atoms with Crippen LogP contribution in [0.5, 0.6) is 0 Å². The minimum atomic E-state index is -0.0862. The molecule has 0 aliphatic rings. The fourth-order valence-electron chi connectivity index (χ4n) is 2.39. The number of nitrogens with one attached hydrogen (secondary N) is 1. The summed E-state index contributed by atoms with van der Waals surface area (Å²) in [5, 5.41) is 12.2. The van der Waals surface area contributed by atoms with Crippen molar-refractivity contribution in [3.8, 4) is 5.69 Å². The summed E-state index contributed by atoms with van der Waals surface area (Å²) in [4.78, 5) is 11.3. The minimum absolute atomic E-state index is 0.0862. The standard InChI is InChI=1S/C19H20N4OS/c1-14-8-10-17(11-9-14)23-18(12-20-15(2)24)21-22-19(23)25-13-16-6-4-3-5-7-16/h3-11H,12-13H2,1-2H3,(H,20,24). The lowest BCUT2D eigenvalue weighted by Crippen LogP contribution is -2.21. The highest BCUT2D eigenvalue weighted by molar-refractivity contribution is 7.98. The van der Waals surface area contributed by atoms with E-state index in [0.29, 0.717) is 6.54 Å². The van der Waals surface area contributed by atoms with Crippen LogP contribution in [0.1, 0.15) is 23.9 Å². The van der Waals surface area contributed by atoms with Gasteiger partial charge < -0.3 is 5.32 Å². The van der Waals surface area contributed by atoms with Crippen LogP contribution < -0.4 is 5.32 Å². The van der Waals surface area contributed by atoms with Crippen LogP contribution in [0.2, 0.25) is 0 Å². The lowest BCUT2D eigenvalue weighted by molar-refractivity contribution is -0.119. The molecule has 0 aliphatic heterocycles. The molecule has 5 nitrogen and oxygen atoms in total. The molecule has 0 unspecified atom stereocenters. The number of aryl methyl sites for hydroxylation is 1. The van der Waals surface area contributed by atoms with E-state index in [1.165, 1.54) is 18.1 Å². The number of hydrogen-bond donors (Lipinski definition) is 1. The van der Waals surface area contributed by atoms with Gasteiger partial charge in [0, 0.05) is 18.4 Å². The van der Waals surface area contributed by atoms with Gasteiger partial charge >= 0.3 is 0 Å². The molecule has 25 heavy (non-hydrogen) atoms. The number of thioether (sulfide) groups is 1. The van der Waals surface area contributed by atoms with Crippen LogP contribution in [0.25, 0.3) is 5.69 Å². The van der Waals surface area contributed by atoms with Crippen LogP contribution in [-0.2, 0) is 17.1 Å². The molecule has 128 valence electrons. The van der Waals surface area contributed by atoms with E-state index in [4.69, 9.17) is 0 Å². The molecule has 1 N–H and O–H groups in total. The molecular formula is C19H20N4OS. The highest BCUT2D eigenvalue weighted by atomic mass is 32.2. The Labute approximate surface area is 151 Å². The van der Waals surface area contributed by atoms with Gasteiger partial charge in [-0.25, -0.2) is 0 Å². The Morgan fingerprint density at radius 1 is 1.08 bits per heavy atom. The second-order valence-corrected chi connectivity index (χ2v) is 6.70. The number of rotatable bonds is 6. The number of aromatic nitrogens is 3. The van der Waals surface area contributed by atoms with Crippen molar-refractivity contribution in [2.75, 3.05) is 0 Å². The van der Waals surface area contributed by atoms with Crippen molar-refractivity contribution in [3.63, 3.8) is 0 Å². The number of hydrogen-bond acceptors (Lipinski definition) is 4. The van der Waals surface area contributed by atoms with E-state index in [2.05, 4.69) is 46.7 Å². The van der Waals surface area contributed by atoms with Gasteiger partial charge in [0.05, 0.1) is 6.54 Å². The van der Waals surface area contributed by atoms with Crippen LogP contribution in [0.4, 0.5) is 0 Å². The largest absolute Gasteiger partial charge is 0.349 e. The van der Waals surface area contributed by atoms with E-state index in [-0.39, 0.29) is 5.91 Å². The molecule has 2 aromatic carbocycles. The summed E-state index contributed by atoms with van der Waals surface area (Å²) in [5.74, 6) is 1.44. The molecule has 1 aromatic heterocycles. The zero-order chi connectivity index (χ0) is 17.6. The summed E-state index contributed by atoms with van der Waals surface area (Å²) in [6, 6.07) is 18.5. The van der Waals surface area contributed by atoms with Gasteiger partial charge in [-0.3, -0.25) is 9.36 Å². The predicted octanol–water partition coefficient (Wildman–Crippen LogP) is 3.50. The summed E-state index contributed by atoms with van der Waals surface area (Å²) >= 11 is 1.63. The summed E-state index contributed by atoms with van der Waals surface area (Å²) in [5.41, 5.74) is 3.42. The minimum Gasteiger partial charge on any atom is -0.349 e. The second-order valence-electron chi connectivity index (χ2n) is 5.75. The smallest absolute Gasteiger partial charge is 0.217 e. The number of amides is 1. The predicted molar refractivity (Wildman–Crippen MR) is 99.6 cm³/mol. The average molecular weight is 352 g/mol. The third-order valence-electron chi connectivity index (χ3n) is 3.70. The van der Waals surface area contributed by atoms with Crippen molar-refractivity contribution in [3.05, 3.63) is 71.5 Å². The first-order chi connectivity index (χ1) is 12.1. The van der Waals surface area contributed by atoms with Gasteiger partial charge in [0.2, 0.25) is 5.91 Å². The molecule has 0 spiro atoms. The van der Waals surface area contributed by atoms with Crippen LogP contribution in [0.15, 0.2) is 59.8 Å². The third-order valence-corrected chi connectivity index (χ3v) is 4.70. The fraction of sp³-hybridized carbons (Fsp3) is 0.211. The molecule has 0 atom stereocenters. The Hall–Kier alpha value is -2.60. The molecule has 0 saturated carbocycles. The molecule has 0 radical (unpaired) electrons. The van der Waals surface area contributed by atoms with E-state index in [9.17, 15) is 4.79 Å². The van der Waals surface area contributed by atoms with Crippen molar-refractivity contribution in [1.82, 2.24) is 20.1 Å². The molecule has 1 heterocycles. The van der Waals surface area contributed by atoms with Gasteiger partial charge in [-0.05, 0) is 24.6 Å². The fourth-order valence-corrected chi connectivity index (χ4v) is 3.31. The zero-order valence-electron chi connectivity index (χ0n) is 14.3. The zero-order valence-corrected chi connectivity index (χ0v) is 15.1. The lowest BCUT2D eigenvalue weighted by atomic mass is 10.2. The Balaban J connectivity index is 1.88. The maximum absolute atomic E-state index is 11.3. The van der Waals surface area contributed by atoms with E-state index in [1.54, 1.807) is 11.8 Å². The van der Waals surface area contributed by atoms with Gasteiger partial charge in [-0.2, -0.15) is 0 Å². The third kappa shape index (κ3) is 4.48. The van der Waals surface area contributed by atoms with Crippen molar-refractivity contribution in [2.24, 2.45) is 0 Å². The van der Waals surface area contributed by atoms with Gasteiger partial charge in [0.15, 0.2) is 11.0 Å². The summed E-state index contributed by atoms with van der Waals surface area (Å²) in [7, 11) is 0. The van der Waals surface area contributed by atoms with Crippen molar-refractivity contribution in [2.45, 2.75) is 31.3 Å². The first-order valence-corrected chi connectivity index (χ1v) is 9.04. The normalized spacial score (nSPS) is 10.6. The molecule has 3 aromatic rings. The van der Waals surface area contributed by atoms with Crippen LogP contribution in [0, 0.1) is 6.92 Å². The Morgan fingerprint density at radius 3 is 2.48 bits per heavy atom. The number of benzene rings is 2. The van der Waals surface area contributed by atoms with Crippen LogP contribution in [-0.4, -0.2) is 20.7 Å². The summed E-state index contributed by atoms with van der Waals surface area (Å²) in [6.45, 7) is 3.90. The molecule has 0 saturated heterocycles. The molecule has 3 rings (SSSR count). The van der Waals surface area contributed by atoms with Crippen LogP contribution in [0.3, 0.4) is 0 Å². The molecule has 1 amide bonds. The van der Waals surface area contributed by atoms with Gasteiger partial charge in [0.25, 0.3) is 0 Å². The van der Waals surface area contributed by atoms with Crippen molar-refractivity contribution >= 4 is 17.7 Å². The van der Waals surface area contributed by atoms with Crippen LogP contribution >= 0.6 is 11.8 Å². The molecular weight excluding hydrogens is 332 g/mol. The highest BCUT2D eigenvalue weighted by Crippen LogP contribution is 2.25. The molecule has 0 fully saturated rings. The number of carbonyl (C=O) groups excluding carboxylic acids is 1. The first kappa shape index (κ1) is 17.2. The quantitative estimate of drug-likeness (QED) is 0.690. The maximum atomic E-state index is 11.3. The molecule has 6 heteroatoms. The summed E-state index contributed by atoms with van der Waals surface area (Å²) < 4.78 is 2.00. The Morgan fingerprint density at radius 2 is 1.80 bits per heavy atom. The van der Waals surface area contributed by atoms with E-state index in [1.807, 2.05) is 34.9 Å². The SMILES string of the molecule is CC(=O)NCc1nnc(SCc2ccccc2)n1-c1ccc(C)cc1. The van der Waals surface area contributed by atoms with E-state index >= 15 is 0 Å². The van der Waals surface area contributed by atoms with Crippen molar-refractivity contribution in [1.29, 1.82) is 0 Å². The van der Waals surface area contributed by atoms with Gasteiger partial charge in [-0.15, -0.1) is 10.2 Å². The van der Waals surface area contributed by atoms with E-state index in [0.717, 1.165) is 22.4 Å². The number of carbonyl (C=O) groups is 1. The van der Waals surface area contributed by atoms with Crippen molar-refractivity contribution < 1.29 is 4.79 Å². The van der Waals surface area contributed by atoms with Gasteiger partial charge in [0.1, 0.15) is 0 Å². The average Bonchev–Trinajstić information content (AvgIpc) is 3.02. The first-order valence-electron chi connectivity index (χ1n) is 8.06. The monoisotopic (exact) mass is 352 g/mol. The number of nitrogens with zero attached hydrogens (tertiary/aromatic N) is 3. The lowest BCUT2D eigenvalue weighted by Gasteiger charge is -2.11. The highest BCUT2D eigenvalue weighted by Gasteiger charge is 2.14. The second kappa shape index (κ2) is 7.98.